The fourth-order valence-electron chi connectivity index (χ4n) is 2.85. The fraction of sp³-hybridized carbons (Fsp3) is 0.471. The first-order valence-electron chi connectivity index (χ1n) is 7.17. The minimum Gasteiger partial charge on any atom is -0.316 e. The molecule has 0 saturated carbocycles. The van der Waals surface area contributed by atoms with Crippen molar-refractivity contribution in [2.75, 3.05) is 7.05 Å². The van der Waals surface area contributed by atoms with Gasteiger partial charge in [-0.3, -0.25) is 4.68 Å². The van der Waals surface area contributed by atoms with E-state index in [4.69, 9.17) is 0 Å². The molecule has 0 aliphatic rings. The van der Waals surface area contributed by atoms with E-state index in [1.807, 2.05) is 25.7 Å². The second kappa shape index (κ2) is 5.80. The summed E-state index contributed by atoms with van der Waals surface area (Å²) in [7, 11) is 4.06. The number of nitrogens with one attached hydrogen (secondary N) is 1. The monoisotopic (exact) mass is 271 g/mol. The van der Waals surface area contributed by atoms with Gasteiger partial charge in [-0.05, 0) is 25.6 Å². The number of benzene rings is 1. The maximum atomic E-state index is 4.44. The first-order valence-corrected chi connectivity index (χ1v) is 7.17. The lowest BCUT2D eigenvalue weighted by molar-refractivity contribution is 0.351. The van der Waals surface area contributed by atoms with Crippen molar-refractivity contribution in [3.63, 3.8) is 0 Å². The first-order chi connectivity index (χ1) is 9.45. The average Bonchev–Trinajstić information content (AvgIpc) is 2.75. The largest absolute Gasteiger partial charge is 0.316 e. The lowest BCUT2D eigenvalue weighted by Gasteiger charge is -2.35. The van der Waals surface area contributed by atoms with Gasteiger partial charge in [-0.15, -0.1) is 0 Å². The van der Waals surface area contributed by atoms with Crippen molar-refractivity contribution < 1.29 is 0 Å². The van der Waals surface area contributed by atoms with Crippen LogP contribution >= 0.6 is 0 Å². The van der Waals surface area contributed by atoms with Gasteiger partial charge in [0, 0.05) is 30.6 Å². The zero-order valence-corrected chi connectivity index (χ0v) is 13.1. The summed E-state index contributed by atoms with van der Waals surface area (Å²) < 4.78 is 1.99. The number of nitrogens with zero attached hydrogens (tertiary/aromatic N) is 2. The first kappa shape index (κ1) is 14.8. The zero-order valence-electron chi connectivity index (χ0n) is 13.1. The Labute approximate surface area is 122 Å². The van der Waals surface area contributed by atoms with E-state index in [-0.39, 0.29) is 5.41 Å². The molecule has 1 aromatic heterocycles. The molecule has 3 heteroatoms. The Bertz CT molecular complexity index is 555. The van der Waals surface area contributed by atoms with Crippen LogP contribution in [0.15, 0.2) is 36.4 Å². The summed E-state index contributed by atoms with van der Waals surface area (Å²) >= 11 is 0. The molecule has 108 valence electrons. The normalized spacial score (nSPS) is 13.4. The number of hydrogen-bond donors (Lipinski definition) is 1. The van der Waals surface area contributed by atoms with Gasteiger partial charge in [0.15, 0.2) is 0 Å². The molecule has 0 aliphatic carbocycles. The predicted molar refractivity (Wildman–Crippen MR) is 84.0 cm³/mol. The van der Waals surface area contributed by atoms with E-state index >= 15 is 0 Å². The van der Waals surface area contributed by atoms with Gasteiger partial charge in [-0.25, -0.2) is 0 Å². The van der Waals surface area contributed by atoms with E-state index in [2.05, 4.69) is 60.7 Å². The predicted octanol–water partition coefficient (Wildman–Crippen LogP) is 2.84. The van der Waals surface area contributed by atoms with Crippen LogP contribution in [-0.4, -0.2) is 22.9 Å². The van der Waals surface area contributed by atoms with E-state index in [0.29, 0.717) is 6.04 Å². The Morgan fingerprint density at radius 1 is 1.25 bits per heavy atom. The number of aromatic nitrogens is 2. The topological polar surface area (TPSA) is 29.9 Å². The van der Waals surface area contributed by atoms with Crippen LogP contribution in [0.1, 0.15) is 30.8 Å². The highest BCUT2D eigenvalue weighted by molar-refractivity contribution is 5.27. The lowest BCUT2D eigenvalue weighted by Crippen LogP contribution is -2.45. The Morgan fingerprint density at radius 3 is 2.40 bits per heavy atom. The summed E-state index contributed by atoms with van der Waals surface area (Å²) in [5, 5.41) is 7.93. The molecule has 1 heterocycles. The van der Waals surface area contributed by atoms with Crippen LogP contribution in [0.5, 0.6) is 0 Å². The summed E-state index contributed by atoms with van der Waals surface area (Å²) in [6.45, 7) is 6.64. The third-order valence-corrected chi connectivity index (χ3v) is 4.25. The van der Waals surface area contributed by atoms with Crippen LogP contribution in [0.4, 0.5) is 0 Å². The van der Waals surface area contributed by atoms with Crippen molar-refractivity contribution in [1.29, 1.82) is 0 Å². The molecule has 0 spiro atoms. The van der Waals surface area contributed by atoms with E-state index < -0.39 is 0 Å². The van der Waals surface area contributed by atoms with Gasteiger partial charge in [0.25, 0.3) is 0 Å². The van der Waals surface area contributed by atoms with Gasteiger partial charge in [0.1, 0.15) is 0 Å². The molecule has 0 saturated heterocycles. The van der Waals surface area contributed by atoms with Crippen molar-refractivity contribution in [1.82, 2.24) is 15.1 Å². The van der Waals surface area contributed by atoms with Gasteiger partial charge in [0.05, 0.1) is 5.69 Å². The van der Waals surface area contributed by atoms with Gasteiger partial charge in [0.2, 0.25) is 0 Å². The molecule has 20 heavy (non-hydrogen) atoms. The highest BCUT2D eigenvalue weighted by atomic mass is 15.3. The Balaban J connectivity index is 2.26. The van der Waals surface area contributed by atoms with Crippen LogP contribution in [0.25, 0.3) is 0 Å². The Kier molecular flexibility index (Phi) is 4.29. The molecular weight excluding hydrogens is 246 g/mol. The average molecular weight is 271 g/mol. The van der Waals surface area contributed by atoms with Gasteiger partial charge < -0.3 is 5.32 Å². The van der Waals surface area contributed by atoms with Crippen LogP contribution < -0.4 is 5.32 Å². The smallest absolute Gasteiger partial charge is 0.0596 e. The molecule has 0 fully saturated rings. The van der Waals surface area contributed by atoms with E-state index in [1.54, 1.807) is 0 Å². The molecule has 1 N–H and O–H groups in total. The third kappa shape index (κ3) is 2.93. The zero-order chi connectivity index (χ0) is 14.8. The number of rotatable bonds is 5. The molecule has 3 nitrogen and oxygen atoms in total. The summed E-state index contributed by atoms with van der Waals surface area (Å²) in [6.07, 6.45) is 0.968. The van der Waals surface area contributed by atoms with Crippen LogP contribution in [0.3, 0.4) is 0 Å². The van der Waals surface area contributed by atoms with E-state index in [9.17, 15) is 0 Å². The molecule has 0 amide bonds. The maximum absolute atomic E-state index is 4.44. The molecule has 1 aromatic carbocycles. The number of likely N-dealkylation sites (N-methyl/N-ethyl adjacent to an activating group) is 1. The third-order valence-electron chi connectivity index (χ3n) is 4.25. The van der Waals surface area contributed by atoms with Crippen molar-refractivity contribution in [3.05, 3.63) is 53.3 Å². The molecule has 2 rings (SSSR count). The minimum absolute atomic E-state index is 0.0637. The maximum Gasteiger partial charge on any atom is 0.0596 e. The summed E-state index contributed by atoms with van der Waals surface area (Å²) in [4.78, 5) is 0. The molecular formula is C17H25N3. The molecule has 1 atom stereocenters. The number of aryl methyl sites for hydroxylation is 2. The minimum atomic E-state index is 0.0637. The highest BCUT2D eigenvalue weighted by Gasteiger charge is 2.30. The fourth-order valence-corrected chi connectivity index (χ4v) is 2.85. The van der Waals surface area contributed by atoms with Gasteiger partial charge in [-0.2, -0.15) is 5.10 Å². The summed E-state index contributed by atoms with van der Waals surface area (Å²) in [5.74, 6) is 0. The second-order valence-corrected chi connectivity index (χ2v) is 6.03. The Morgan fingerprint density at radius 2 is 1.90 bits per heavy atom. The lowest BCUT2D eigenvalue weighted by atomic mass is 9.76. The van der Waals surface area contributed by atoms with Crippen molar-refractivity contribution >= 4 is 0 Å². The van der Waals surface area contributed by atoms with Crippen molar-refractivity contribution in [3.8, 4) is 0 Å². The van der Waals surface area contributed by atoms with E-state index in [1.165, 1.54) is 11.3 Å². The van der Waals surface area contributed by atoms with E-state index in [0.717, 1.165) is 12.1 Å². The molecule has 0 radical (unpaired) electrons. The molecule has 0 bridgehead atoms. The van der Waals surface area contributed by atoms with Crippen molar-refractivity contribution in [2.45, 2.75) is 38.6 Å². The quantitative estimate of drug-likeness (QED) is 0.906. The molecule has 2 aromatic rings. The van der Waals surface area contributed by atoms with Gasteiger partial charge in [-0.1, -0.05) is 44.2 Å². The summed E-state index contributed by atoms with van der Waals surface area (Å²) in [5.41, 5.74) is 3.77. The van der Waals surface area contributed by atoms with Crippen molar-refractivity contribution in [2.24, 2.45) is 7.05 Å². The van der Waals surface area contributed by atoms with Crippen LogP contribution in [-0.2, 0) is 18.9 Å². The second-order valence-electron chi connectivity index (χ2n) is 6.03. The number of hydrogen-bond acceptors (Lipinski definition) is 2. The van der Waals surface area contributed by atoms with Gasteiger partial charge >= 0.3 is 0 Å². The SMILES string of the molecule is CNC(Cc1cc(C)nn1C)C(C)(C)c1ccccc1. The van der Waals surface area contributed by atoms with Crippen LogP contribution in [0.2, 0.25) is 0 Å². The molecule has 1 unspecified atom stereocenters. The molecule has 0 aliphatic heterocycles. The summed E-state index contributed by atoms with van der Waals surface area (Å²) in [6, 6.07) is 13.2. The Hall–Kier alpha value is -1.61. The standard InChI is InChI=1S/C17H25N3/c1-13-11-15(20(5)19-13)12-16(18-4)17(2,3)14-9-7-6-8-10-14/h6-11,16,18H,12H2,1-5H3. The highest BCUT2D eigenvalue weighted by Crippen LogP contribution is 2.28. The van der Waals surface area contributed by atoms with Crippen LogP contribution in [0, 0.1) is 6.92 Å².